The van der Waals surface area contributed by atoms with Gasteiger partial charge in [0, 0.05) is 22.3 Å². The molecule has 0 spiro atoms. The third kappa shape index (κ3) is 1.49. The van der Waals surface area contributed by atoms with Crippen LogP contribution in [-0.2, 0) is 0 Å². The van der Waals surface area contributed by atoms with E-state index >= 15 is 0 Å². The quantitative estimate of drug-likeness (QED) is 0.613. The molecule has 0 saturated carbocycles. The minimum atomic E-state index is -0.0363. The summed E-state index contributed by atoms with van der Waals surface area (Å²) in [5.41, 5.74) is 5.05. The summed E-state index contributed by atoms with van der Waals surface area (Å²) in [5.74, 6) is -0.0692. The summed E-state index contributed by atoms with van der Waals surface area (Å²) in [6.07, 6.45) is 0. The van der Waals surface area contributed by atoms with Crippen LogP contribution in [0.25, 0.3) is 0 Å². The number of fused-ring (bicyclic) bond motifs is 2. The van der Waals surface area contributed by atoms with E-state index < -0.39 is 0 Å². The molecule has 0 N–H and O–H groups in total. The summed E-state index contributed by atoms with van der Waals surface area (Å²) in [6, 6.07) is 9.04. The summed E-state index contributed by atoms with van der Waals surface area (Å²) in [4.78, 5) is 25.2. The van der Waals surface area contributed by atoms with Crippen molar-refractivity contribution in [2.24, 2.45) is 0 Å². The van der Waals surface area contributed by atoms with Crippen molar-refractivity contribution < 1.29 is 9.59 Å². The second kappa shape index (κ2) is 3.89. The fourth-order valence-electron chi connectivity index (χ4n) is 2.81. The maximum atomic E-state index is 12.6. The topological polar surface area (TPSA) is 34.1 Å². The number of carbonyl (C=O) groups is 2. The lowest BCUT2D eigenvalue weighted by Gasteiger charge is -2.22. The molecule has 0 heterocycles. The maximum Gasteiger partial charge on any atom is 0.194 e. The van der Waals surface area contributed by atoms with Crippen LogP contribution in [0, 0.1) is 20.8 Å². The van der Waals surface area contributed by atoms with Crippen LogP contribution in [0.2, 0.25) is 0 Å². The first-order valence-corrected chi connectivity index (χ1v) is 6.31. The van der Waals surface area contributed by atoms with Crippen molar-refractivity contribution in [1.29, 1.82) is 0 Å². The normalized spacial score (nSPS) is 13.2. The molecule has 94 valence electrons. The number of rotatable bonds is 0. The van der Waals surface area contributed by atoms with Crippen LogP contribution in [0.3, 0.4) is 0 Å². The van der Waals surface area contributed by atoms with E-state index in [1.807, 2.05) is 26.8 Å². The first-order chi connectivity index (χ1) is 9.02. The highest BCUT2D eigenvalue weighted by molar-refractivity contribution is 6.29. The maximum absolute atomic E-state index is 12.6. The van der Waals surface area contributed by atoms with Crippen molar-refractivity contribution in [3.05, 3.63) is 69.3 Å². The van der Waals surface area contributed by atoms with E-state index in [2.05, 4.69) is 0 Å². The molecule has 2 aromatic carbocycles. The van der Waals surface area contributed by atoms with Gasteiger partial charge in [-0.2, -0.15) is 0 Å². The highest BCUT2D eigenvalue weighted by atomic mass is 16.1. The Balaban J connectivity index is 2.43. The standard InChI is InChI=1S/C17H14O2/c1-9-8-10(2)14-15(11(9)3)17(19)13-7-5-4-6-12(13)16(14)18/h4-8H,1-3H3. The molecule has 0 bridgehead atoms. The molecule has 3 rings (SSSR count). The van der Waals surface area contributed by atoms with Crippen molar-refractivity contribution in [2.45, 2.75) is 20.8 Å². The van der Waals surface area contributed by atoms with Crippen LogP contribution in [0.4, 0.5) is 0 Å². The molecule has 0 amide bonds. The van der Waals surface area contributed by atoms with Crippen LogP contribution >= 0.6 is 0 Å². The zero-order valence-corrected chi connectivity index (χ0v) is 11.2. The summed E-state index contributed by atoms with van der Waals surface area (Å²) >= 11 is 0. The van der Waals surface area contributed by atoms with Gasteiger partial charge in [-0.25, -0.2) is 0 Å². The van der Waals surface area contributed by atoms with E-state index in [0.29, 0.717) is 22.3 Å². The smallest absolute Gasteiger partial charge is 0.194 e. The Morgan fingerprint density at radius 2 is 1.26 bits per heavy atom. The van der Waals surface area contributed by atoms with Gasteiger partial charge in [0.05, 0.1) is 0 Å². The molecule has 0 fully saturated rings. The van der Waals surface area contributed by atoms with Crippen LogP contribution < -0.4 is 0 Å². The average molecular weight is 250 g/mol. The van der Waals surface area contributed by atoms with Gasteiger partial charge in [0.2, 0.25) is 0 Å². The average Bonchev–Trinajstić information content (AvgIpc) is 2.40. The first-order valence-electron chi connectivity index (χ1n) is 6.31. The Morgan fingerprint density at radius 1 is 0.737 bits per heavy atom. The Bertz CT molecular complexity index is 739. The minimum absolute atomic E-state index is 0.0329. The number of aryl methyl sites for hydroxylation is 2. The number of carbonyl (C=O) groups excluding carboxylic acids is 2. The summed E-state index contributed by atoms with van der Waals surface area (Å²) in [7, 11) is 0. The van der Waals surface area contributed by atoms with E-state index in [0.717, 1.165) is 16.7 Å². The molecule has 2 heteroatoms. The largest absolute Gasteiger partial charge is 0.289 e. The second-order valence-electron chi connectivity index (χ2n) is 5.09. The van der Waals surface area contributed by atoms with Gasteiger partial charge in [-0.15, -0.1) is 0 Å². The second-order valence-corrected chi connectivity index (χ2v) is 5.09. The van der Waals surface area contributed by atoms with Crippen LogP contribution in [0.5, 0.6) is 0 Å². The van der Waals surface area contributed by atoms with Crippen molar-refractivity contribution in [2.75, 3.05) is 0 Å². The van der Waals surface area contributed by atoms with Crippen LogP contribution in [-0.4, -0.2) is 11.6 Å². The van der Waals surface area contributed by atoms with Gasteiger partial charge in [0.15, 0.2) is 11.6 Å². The highest BCUT2D eigenvalue weighted by Crippen LogP contribution is 2.32. The minimum Gasteiger partial charge on any atom is -0.289 e. The molecule has 2 nitrogen and oxygen atoms in total. The summed E-state index contributed by atoms with van der Waals surface area (Å²) < 4.78 is 0. The number of benzene rings is 2. The highest BCUT2D eigenvalue weighted by Gasteiger charge is 2.32. The molecule has 0 radical (unpaired) electrons. The molecule has 1 aliphatic carbocycles. The fraction of sp³-hybridized carbons (Fsp3) is 0.176. The van der Waals surface area contributed by atoms with Gasteiger partial charge in [-0.1, -0.05) is 30.3 Å². The monoisotopic (exact) mass is 250 g/mol. The zero-order valence-electron chi connectivity index (χ0n) is 11.2. The third-order valence-corrected chi connectivity index (χ3v) is 3.91. The summed E-state index contributed by atoms with van der Waals surface area (Å²) in [6.45, 7) is 5.78. The third-order valence-electron chi connectivity index (χ3n) is 3.91. The van der Waals surface area contributed by atoms with Gasteiger partial charge in [0.1, 0.15) is 0 Å². The van der Waals surface area contributed by atoms with E-state index in [1.165, 1.54) is 0 Å². The first kappa shape index (κ1) is 11.8. The summed E-state index contributed by atoms with van der Waals surface area (Å²) in [5, 5.41) is 0. The Labute approximate surface area is 112 Å². The molecule has 0 saturated heterocycles. The Hall–Kier alpha value is -2.22. The van der Waals surface area contributed by atoms with Gasteiger partial charge in [0.25, 0.3) is 0 Å². The molecular weight excluding hydrogens is 236 g/mol. The van der Waals surface area contributed by atoms with E-state index in [9.17, 15) is 9.59 Å². The lowest BCUT2D eigenvalue weighted by Crippen LogP contribution is -2.23. The Kier molecular flexibility index (Phi) is 2.42. The van der Waals surface area contributed by atoms with Gasteiger partial charge in [-0.05, 0) is 37.5 Å². The molecule has 0 atom stereocenters. The Morgan fingerprint density at radius 3 is 1.84 bits per heavy atom. The number of hydrogen-bond donors (Lipinski definition) is 0. The van der Waals surface area contributed by atoms with Crippen molar-refractivity contribution in [1.82, 2.24) is 0 Å². The molecule has 19 heavy (non-hydrogen) atoms. The van der Waals surface area contributed by atoms with Crippen LogP contribution in [0.15, 0.2) is 30.3 Å². The van der Waals surface area contributed by atoms with Crippen molar-refractivity contribution in [3.63, 3.8) is 0 Å². The van der Waals surface area contributed by atoms with Crippen molar-refractivity contribution >= 4 is 11.6 Å². The molecule has 1 aliphatic rings. The van der Waals surface area contributed by atoms with E-state index in [-0.39, 0.29) is 11.6 Å². The zero-order chi connectivity index (χ0) is 13.7. The van der Waals surface area contributed by atoms with Crippen LogP contribution in [0.1, 0.15) is 48.5 Å². The fourth-order valence-corrected chi connectivity index (χ4v) is 2.81. The SMILES string of the molecule is Cc1cc(C)c2c(c1C)C(=O)c1ccccc1C2=O. The van der Waals surface area contributed by atoms with Crippen molar-refractivity contribution in [3.8, 4) is 0 Å². The van der Waals surface area contributed by atoms with E-state index in [4.69, 9.17) is 0 Å². The lowest BCUT2D eigenvalue weighted by atomic mass is 9.79. The predicted octanol–water partition coefficient (Wildman–Crippen LogP) is 3.39. The lowest BCUT2D eigenvalue weighted by molar-refractivity contribution is 0.0978. The molecule has 0 aromatic heterocycles. The van der Waals surface area contributed by atoms with Gasteiger partial charge < -0.3 is 0 Å². The number of ketones is 2. The number of hydrogen-bond acceptors (Lipinski definition) is 2. The predicted molar refractivity (Wildman–Crippen MR) is 74.0 cm³/mol. The van der Waals surface area contributed by atoms with E-state index in [1.54, 1.807) is 24.3 Å². The molecule has 0 aliphatic heterocycles. The van der Waals surface area contributed by atoms with Gasteiger partial charge >= 0.3 is 0 Å². The van der Waals surface area contributed by atoms with Gasteiger partial charge in [-0.3, -0.25) is 9.59 Å². The molecule has 2 aromatic rings. The molecule has 0 unspecified atom stereocenters. The molecular formula is C17H14O2.